The third kappa shape index (κ3) is 2.76. The van der Waals surface area contributed by atoms with Crippen LogP contribution in [0.15, 0.2) is 18.2 Å². The number of carbonyl (C=O) groups is 1. The molecule has 5 nitrogen and oxygen atoms in total. The van der Waals surface area contributed by atoms with E-state index in [9.17, 15) is 9.90 Å². The van der Waals surface area contributed by atoms with Crippen molar-refractivity contribution in [2.24, 2.45) is 0 Å². The van der Waals surface area contributed by atoms with Gasteiger partial charge in [-0.1, -0.05) is 11.3 Å². The van der Waals surface area contributed by atoms with Gasteiger partial charge in [0.05, 0.1) is 16.3 Å². The average Bonchev–Trinajstić information content (AvgIpc) is 2.80. The van der Waals surface area contributed by atoms with Crippen molar-refractivity contribution in [2.45, 2.75) is 37.8 Å². The van der Waals surface area contributed by atoms with Gasteiger partial charge in [-0.3, -0.25) is 4.79 Å². The van der Waals surface area contributed by atoms with Gasteiger partial charge in [-0.15, -0.1) is 0 Å². The van der Waals surface area contributed by atoms with E-state index in [4.69, 9.17) is 5.73 Å². The molecule has 106 valence electrons. The Morgan fingerprint density at radius 1 is 1.35 bits per heavy atom. The monoisotopic (exact) mass is 291 g/mol. The smallest absolute Gasteiger partial charge is 0.251 e. The molecule has 1 aromatic heterocycles. The second-order valence-corrected chi connectivity index (χ2v) is 6.28. The van der Waals surface area contributed by atoms with E-state index in [-0.39, 0.29) is 18.1 Å². The number of thiazole rings is 1. The van der Waals surface area contributed by atoms with Crippen LogP contribution in [-0.4, -0.2) is 28.1 Å². The predicted octanol–water partition coefficient (Wildman–Crippen LogP) is 1.91. The van der Waals surface area contributed by atoms with Crippen LogP contribution >= 0.6 is 11.3 Å². The minimum absolute atomic E-state index is 0.0692. The van der Waals surface area contributed by atoms with Gasteiger partial charge in [-0.2, -0.15) is 0 Å². The first-order chi connectivity index (χ1) is 9.61. The number of aliphatic hydroxyl groups excluding tert-OH is 1. The van der Waals surface area contributed by atoms with E-state index in [0.717, 1.165) is 35.9 Å². The molecule has 4 N–H and O–H groups in total. The largest absolute Gasteiger partial charge is 0.393 e. The molecule has 0 bridgehead atoms. The molecule has 0 saturated heterocycles. The van der Waals surface area contributed by atoms with Crippen molar-refractivity contribution in [3.8, 4) is 0 Å². The number of amides is 1. The van der Waals surface area contributed by atoms with E-state index in [2.05, 4.69) is 10.3 Å². The number of aromatic nitrogens is 1. The molecule has 1 aromatic carbocycles. The van der Waals surface area contributed by atoms with Crippen molar-refractivity contribution in [3.63, 3.8) is 0 Å². The topological polar surface area (TPSA) is 88.2 Å². The highest BCUT2D eigenvalue weighted by atomic mass is 32.1. The second-order valence-electron chi connectivity index (χ2n) is 5.21. The molecule has 6 heteroatoms. The summed E-state index contributed by atoms with van der Waals surface area (Å²) in [6.07, 6.45) is 2.98. The highest BCUT2D eigenvalue weighted by molar-refractivity contribution is 7.22. The minimum atomic E-state index is -0.209. The van der Waals surface area contributed by atoms with Gasteiger partial charge >= 0.3 is 0 Å². The summed E-state index contributed by atoms with van der Waals surface area (Å²) in [7, 11) is 0. The minimum Gasteiger partial charge on any atom is -0.393 e. The molecule has 1 aliphatic rings. The van der Waals surface area contributed by atoms with Crippen LogP contribution in [0.4, 0.5) is 5.13 Å². The standard InChI is InChI=1S/C14H17N3O2S/c15-14-17-11-6-1-8(7-12(11)20-14)13(19)16-9-2-4-10(18)5-3-9/h1,6-7,9-10,18H,2-5H2,(H2,15,17)(H,16,19). The lowest BCUT2D eigenvalue weighted by atomic mass is 9.93. The maximum Gasteiger partial charge on any atom is 0.251 e. The highest BCUT2D eigenvalue weighted by Gasteiger charge is 2.21. The zero-order chi connectivity index (χ0) is 14.1. The number of benzene rings is 1. The van der Waals surface area contributed by atoms with Crippen molar-refractivity contribution >= 4 is 32.6 Å². The summed E-state index contributed by atoms with van der Waals surface area (Å²) >= 11 is 1.38. The average molecular weight is 291 g/mol. The van der Waals surface area contributed by atoms with Crippen LogP contribution in [0.3, 0.4) is 0 Å². The maximum absolute atomic E-state index is 12.2. The zero-order valence-corrected chi connectivity index (χ0v) is 11.8. The highest BCUT2D eigenvalue weighted by Crippen LogP contribution is 2.25. The van der Waals surface area contributed by atoms with Gasteiger partial charge in [0, 0.05) is 11.6 Å². The number of nitrogen functional groups attached to an aromatic ring is 1. The molecule has 0 unspecified atom stereocenters. The van der Waals surface area contributed by atoms with Gasteiger partial charge in [-0.25, -0.2) is 4.98 Å². The first-order valence-corrected chi connectivity index (χ1v) is 7.58. The van der Waals surface area contributed by atoms with Gasteiger partial charge in [0.2, 0.25) is 0 Å². The fourth-order valence-electron chi connectivity index (χ4n) is 2.57. The van der Waals surface area contributed by atoms with E-state index in [1.807, 2.05) is 12.1 Å². The summed E-state index contributed by atoms with van der Waals surface area (Å²) < 4.78 is 0.925. The summed E-state index contributed by atoms with van der Waals surface area (Å²) in [6.45, 7) is 0. The maximum atomic E-state index is 12.2. The fourth-order valence-corrected chi connectivity index (χ4v) is 3.35. The molecule has 20 heavy (non-hydrogen) atoms. The lowest BCUT2D eigenvalue weighted by molar-refractivity contribution is 0.0868. The number of aliphatic hydroxyl groups is 1. The Kier molecular flexibility index (Phi) is 3.58. The van der Waals surface area contributed by atoms with E-state index < -0.39 is 0 Å². The van der Waals surface area contributed by atoms with Crippen LogP contribution < -0.4 is 11.1 Å². The molecule has 0 spiro atoms. The van der Waals surface area contributed by atoms with E-state index >= 15 is 0 Å². The van der Waals surface area contributed by atoms with Gasteiger partial charge in [0.1, 0.15) is 0 Å². The zero-order valence-electron chi connectivity index (χ0n) is 11.0. The SMILES string of the molecule is Nc1nc2ccc(C(=O)NC3CCC(O)CC3)cc2s1. The van der Waals surface area contributed by atoms with Gasteiger partial charge < -0.3 is 16.2 Å². The molecule has 1 aliphatic carbocycles. The van der Waals surface area contributed by atoms with Crippen LogP contribution in [0.25, 0.3) is 10.2 Å². The van der Waals surface area contributed by atoms with Crippen molar-refractivity contribution in [3.05, 3.63) is 23.8 Å². The first kappa shape index (κ1) is 13.3. The van der Waals surface area contributed by atoms with Crippen LogP contribution in [0, 0.1) is 0 Å². The third-order valence-corrected chi connectivity index (χ3v) is 4.55. The van der Waals surface area contributed by atoms with Gasteiger partial charge in [0.25, 0.3) is 5.91 Å². The second kappa shape index (κ2) is 5.38. The van der Waals surface area contributed by atoms with Crippen LogP contribution in [0.2, 0.25) is 0 Å². The Hall–Kier alpha value is -1.66. The van der Waals surface area contributed by atoms with Crippen LogP contribution in [0.1, 0.15) is 36.0 Å². The number of hydrogen-bond acceptors (Lipinski definition) is 5. The van der Waals surface area contributed by atoms with Crippen LogP contribution in [-0.2, 0) is 0 Å². The Morgan fingerprint density at radius 3 is 2.85 bits per heavy atom. The quantitative estimate of drug-likeness (QED) is 0.788. The van der Waals surface area contributed by atoms with Crippen LogP contribution in [0.5, 0.6) is 0 Å². The van der Waals surface area contributed by atoms with Gasteiger partial charge in [-0.05, 0) is 43.9 Å². The normalized spacial score (nSPS) is 22.9. The van der Waals surface area contributed by atoms with E-state index in [1.54, 1.807) is 6.07 Å². The Morgan fingerprint density at radius 2 is 2.10 bits per heavy atom. The first-order valence-electron chi connectivity index (χ1n) is 6.77. The summed E-state index contributed by atoms with van der Waals surface area (Å²) in [6, 6.07) is 5.58. The lowest BCUT2D eigenvalue weighted by Crippen LogP contribution is -2.38. The molecule has 2 aromatic rings. The molecule has 1 heterocycles. The Bertz CT molecular complexity index is 632. The molecule has 3 rings (SSSR count). The molecule has 0 atom stereocenters. The number of nitrogens with one attached hydrogen (secondary N) is 1. The molecule has 1 fully saturated rings. The van der Waals surface area contributed by atoms with Gasteiger partial charge in [0.15, 0.2) is 5.13 Å². The molecular formula is C14H17N3O2S. The summed E-state index contributed by atoms with van der Waals surface area (Å²) in [5.41, 5.74) is 7.12. The molecule has 0 aliphatic heterocycles. The van der Waals surface area contributed by atoms with E-state index in [1.165, 1.54) is 11.3 Å². The lowest BCUT2D eigenvalue weighted by Gasteiger charge is -2.26. The Labute approximate surface area is 120 Å². The van der Waals surface area contributed by atoms with Crippen molar-refractivity contribution in [1.29, 1.82) is 0 Å². The number of fused-ring (bicyclic) bond motifs is 1. The summed E-state index contributed by atoms with van der Waals surface area (Å²) in [5.74, 6) is -0.0692. The third-order valence-electron chi connectivity index (χ3n) is 3.70. The number of anilines is 1. The van der Waals surface area contributed by atoms with Crippen molar-refractivity contribution < 1.29 is 9.90 Å². The molecule has 1 amide bonds. The van der Waals surface area contributed by atoms with E-state index in [0.29, 0.717) is 10.7 Å². The molecule has 0 radical (unpaired) electrons. The number of nitrogens with two attached hydrogens (primary N) is 1. The number of nitrogens with zero attached hydrogens (tertiary/aromatic N) is 1. The summed E-state index contributed by atoms with van der Waals surface area (Å²) in [5, 5.41) is 13.0. The Balaban J connectivity index is 1.71. The number of carbonyl (C=O) groups excluding carboxylic acids is 1. The predicted molar refractivity (Wildman–Crippen MR) is 79.8 cm³/mol. The van der Waals surface area contributed by atoms with Crippen molar-refractivity contribution in [1.82, 2.24) is 10.3 Å². The fraction of sp³-hybridized carbons (Fsp3) is 0.429. The number of hydrogen-bond donors (Lipinski definition) is 3. The number of rotatable bonds is 2. The molecular weight excluding hydrogens is 274 g/mol. The van der Waals surface area contributed by atoms with Crippen molar-refractivity contribution in [2.75, 3.05) is 5.73 Å². The summed E-state index contributed by atoms with van der Waals surface area (Å²) in [4.78, 5) is 16.4. The molecule has 1 saturated carbocycles.